The fourth-order valence-corrected chi connectivity index (χ4v) is 2.56. The van der Waals surface area contributed by atoms with Crippen molar-refractivity contribution in [3.05, 3.63) is 0 Å². The quantitative estimate of drug-likeness (QED) is 0.628. The van der Waals surface area contributed by atoms with Crippen molar-refractivity contribution < 1.29 is 4.79 Å². The van der Waals surface area contributed by atoms with E-state index in [1.807, 2.05) is 4.90 Å². The Hall–Kier alpha value is -1.24. The number of amides is 2. The molecule has 2 aliphatic heterocycles. The first-order valence-corrected chi connectivity index (χ1v) is 6.28. The monoisotopic (exact) mass is 221 g/mol. The molecule has 0 bridgehead atoms. The van der Waals surface area contributed by atoms with E-state index >= 15 is 0 Å². The zero-order valence-electron chi connectivity index (χ0n) is 9.69. The van der Waals surface area contributed by atoms with Gasteiger partial charge < -0.3 is 9.80 Å². The molecule has 88 valence electrons. The molecule has 0 aromatic carbocycles. The van der Waals surface area contributed by atoms with Gasteiger partial charge in [-0.1, -0.05) is 0 Å². The molecule has 2 fully saturated rings. The lowest BCUT2D eigenvalue weighted by Crippen LogP contribution is -2.51. The Balaban J connectivity index is 1.98. The molecule has 0 N–H and O–H groups in total. The van der Waals surface area contributed by atoms with Crippen molar-refractivity contribution in [2.24, 2.45) is 0 Å². The Morgan fingerprint density at radius 3 is 2.44 bits per heavy atom. The number of rotatable bonds is 0. The first-order chi connectivity index (χ1) is 7.83. The Morgan fingerprint density at radius 2 is 1.75 bits per heavy atom. The van der Waals surface area contributed by atoms with Gasteiger partial charge in [0, 0.05) is 19.6 Å². The summed E-state index contributed by atoms with van der Waals surface area (Å²) in [6.07, 6.45) is 6.40. The summed E-state index contributed by atoms with van der Waals surface area (Å²) in [6.45, 7) is 2.49. The van der Waals surface area contributed by atoms with Gasteiger partial charge in [0.15, 0.2) is 0 Å². The molecule has 0 spiro atoms. The fourth-order valence-electron chi connectivity index (χ4n) is 2.56. The van der Waals surface area contributed by atoms with Crippen LogP contribution in [0.25, 0.3) is 0 Å². The van der Waals surface area contributed by atoms with Crippen molar-refractivity contribution in [2.75, 3.05) is 19.6 Å². The molecule has 1 unspecified atom stereocenters. The van der Waals surface area contributed by atoms with E-state index in [0.29, 0.717) is 0 Å². The number of carbonyl (C=O) groups is 1. The third kappa shape index (κ3) is 2.29. The second-order valence-electron chi connectivity index (χ2n) is 4.66. The minimum absolute atomic E-state index is 0.0888. The van der Waals surface area contributed by atoms with Crippen LogP contribution in [0.15, 0.2) is 0 Å². The summed E-state index contributed by atoms with van der Waals surface area (Å²) < 4.78 is 0. The zero-order chi connectivity index (χ0) is 11.4. The molecule has 0 aromatic heterocycles. The van der Waals surface area contributed by atoms with E-state index in [4.69, 9.17) is 5.26 Å². The highest BCUT2D eigenvalue weighted by atomic mass is 16.2. The van der Waals surface area contributed by atoms with Gasteiger partial charge in [0.2, 0.25) is 0 Å². The van der Waals surface area contributed by atoms with E-state index in [-0.39, 0.29) is 12.1 Å². The van der Waals surface area contributed by atoms with Gasteiger partial charge in [0.1, 0.15) is 6.04 Å². The van der Waals surface area contributed by atoms with Crippen molar-refractivity contribution >= 4 is 6.03 Å². The molecule has 4 nitrogen and oxygen atoms in total. The first-order valence-electron chi connectivity index (χ1n) is 6.28. The highest BCUT2D eigenvalue weighted by molar-refractivity contribution is 5.75. The maximum atomic E-state index is 12.2. The smallest absolute Gasteiger partial charge is 0.321 e. The van der Waals surface area contributed by atoms with E-state index in [1.165, 1.54) is 6.42 Å². The summed E-state index contributed by atoms with van der Waals surface area (Å²) in [6, 6.07) is 2.15. The van der Waals surface area contributed by atoms with Gasteiger partial charge in [-0.05, 0) is 38.5 Å². The molecular formula is C12H19N3O. The van der Waals surface area contributed by atoms with Crippen LogP contribution in [0.2, 0.25) is 0 Å². The summed E-state index contributed by atoms with van der Waals surface area (Å²) in [5.74, 6) is 0. The van der Waals surface area contributed by atoms with Crippen LogP contribution < -0.4 is 0 Å². The van der Waals surface area contributed by atoms with Gasteiger partial charge in [-0.2, -0.15) is 5.26 Å². The third-order valence-electron chi connectivity index (χ3n) is 3.52. The molecule has 2 heterocycles. The topological polar surface area (TPSA) is 47.3 Å². The van der Waals surface area contributed by atoms with Crippen LogP contribution in [0.1, 0.15) is 38.5 Å². The van der Waals surface area contributed by atoms with Gasteiger partial charge in [-0.25, -0.2) is 4.79 Å². The number of likely N-dealkylation sites (tertiary alicyclic amines) is 2. The van der Waals surface area contributed by atoms with E-state index in [9.17, 15) is 4.79 Å². The highest BCUT2D eigenvalue weighted by Gasteiger charge is 2.30. The average Bonchev–Trinajstić information content (AvgIpc) is 2.39. The molecular weight excluding hydrogens is 202 g/mol. The number of nitriles is 1. The standard InChI is InChI=1S/C12H19N3O/c13-10-11-6-2-5-9-15(11)12(16)14-7-3-1-4-8-14/h11H,1-9H2. The maximum absolute atomic E-state index is 12.2. The molecule has 16 heavy (non-hydrogen) atoms. The predicted octanol–water partition coefficient (Wildman–Crippen LogP) is 1.97. The summed E-state index contributed by atoms with van der Waals surface area (Å²) in [4.78, 5) is 15.9. The second-order valence-corrected chi connectivity index (χ2v) is 4.66. The maximum Gasteiger partial charge on any atom is 0.321 e. The van der Waals surface area contributed by atoms with Crippen molar-refractivity contribution in [3.63, 3.8) is 0 Å². The lowest BCUT2D eigenvalue weighted by Gasteiger charge is -2.37. The minimum Gasteiger partial charge on any atom is -0.325 e. The van der Waals surface area contributed by atoms with Crippen LogP contribution >= 0.6 is 0 Å². The fraction of sp³-hybridized carbons (Fsp3) is 0.833. The van der Waals surface area contributed by atoms with Crippen LogP contribution in [0, 0.1) is 11.3 Å². The van der Waals surface area contributed by atoms with E-state index in [2.05, 4.69) is 6.07 Å². The van der Waals surface area contributed by atoms with E-state index in [0.717, 1.165) is 51.7 Å². The van der Waals surface area contributed by atoms with E-state index < -0.39 is 0 Å². The summed E-state index contributed by atoms with van der Waals surface area (Å²) >= 11 is 0. The Kier molecular flexibility index (Phi) is 3.66. The lowest BCUT2D eigenvalue weighted by molar-refractivity contribution is 0.122. The number of nitrogens with zero attached hydrogens (tertiary/aromatic N) is 3. The normalized spacial score (nSPS) is 26.3. The summed E-state index contributed by atoms with van der Waals surface area (Å²) in [5, 5.41) is 9.05. The van der Waals surface area contributed by atoms with Crippen molar-refractivity contribution in [3.8, 4) is 6.07 Å². The van der Waals surface area contributed by atoms with Gasteiger partial charge >= 0.3 is 6.03 Å². The predicted molar refractivity (Wildman–Crippen MR) is 60.8 cm³/mol. The highest BCUT2D eigenvalue weighted by Crippen LogP contribution is 2.20. The molecule has 0 saturated carbocycles. The Bertz CT molecular complexity index is 291. The number of hydrogen-bond acceptors (Lipinski definition) is 2. The van der Waals surface area contributed by atoms with Crippen molar-refractivity contribution in [2.45, 2.75) is 44.6 Å². The minimum atomic E-state index is -0.192. The van der Waals surface area contributed by atoms with Crippen LogP contribution in [0.5, 0.6) is 0 Å². The van der Waals surface area contributed by atoms with Crippen molar-refractivity contribution in [1.82, 2.24) is 9.80 Å². The average molecular weight is 221 g/mol. The number of urea groups is 1. The van der Waals surface area contributed by atoms with Gasteiger partial charge in [-0.3, -0.25) is 0 Å². The zero-order valence-corrected chi connectivity index (χ0v) is 9.69. The summed E-state index contributed by atoms with van der Waals surface area (Å²) in [7, 11) is 0. The molecule has 0 aliphatic carbocycles. The van der Waals surface area contributed by atoms with Crippen LogP contribution in [-0.2, 0) is 0 Å². The van der Waals surface area contributed by atoms with Crippen LogP contribution in [0.3, 0.4) is 0 Å². The molecule has 2 rings (SSSR count). The first kappa shape index (κ1) is 11.3. The van der Waals surface area contributed by atoms with Gasteiger partial charge in [0.05, 0.1) is 6.07 Å². The molecule has 0 radical (unpaired) electrons. The van der Waals surface area contributed by atoms with Crippen molar-refractivity contribution in [1.29, 1.82) is 5.26 Å². The number of piperidine rings is 2. The lowest BCUT2D eigenvalue weighted by atomic mass is 10.0. The molecule has 1 atom stereocenters. The molecule has 2 aliphatic rings. The number of hydrogen-bond donors (Lipinski definition) is 0. The Morgan fingerprint density at radius 1 is 1.06 bits per heavy atom. The molecule has 2 amide bonds. The van der Waals surface area contributed by atoms with Gasteiger partial charge in [-0.15, -0.1) is 0 Å². The molecule has 0 aromatic rings. The van der Waals surface area contributed by atoms with E-state index in [1.54, 1.807) is 4.90 Å². The molecule has 4 heteroatoms. The van der Waals surface area contributed by atoms with Crippen LogP contribution in [-0.4, -0.2) is 41.5 Å². The number of carbonyl (C=O) groups excluding carboxylic acids is 1. The Labute approximate surface area is 96.8 Å². The third-order valence-corrected chi connectivity index (χ3v) is 3.52. The molecule has 2 saturated heterocycles. The largest absolute Gasteiger partial charge is 0.325 e. The second kappa shape index (κ2) is 5.20. The summed E-state index contributed by atoms with van der Waals surface area (Å²) in [5.41, 5.74) is 0. The SMILES string of the molecule is N#CC1CCCCN1C(=O)N1CCCCC1. The van der Waals surface area contributed by atoms with Crippen LogP contribution in [0.4, 0.5) is 4.79 Å². The van der Waals surface area contributed by atoms with Gasteiger partial charge in [0.25, 0.3) is 0 Å².